The van der Waals surface area contributed by atoms with Crippen LogP contribution in [-0.4, -0.2) is 22.6 Å². The van der Waals surface area contributed by atoms with E-state index in [1.165, 1.54) is 18.5 Å². The molecule has 0 aliphatic carbocycles. The topological polar surface area (TPSA) is 94.0 Å². The Morgan fingerprint density at radius 2 is 2.21 bits per heavy atom. The Hall–Kier alpha value is -1.79. The number of halogens is 2. The Balaban J connectivity index is 1.96. The van der Waals surface area contributed by atoms with Crippen molar-refractivity contribution in [1.82, 2.24) is 15.5 Å². The summed E-state index contributed by atoms with van der Waals surface area (Å²) in [5, 5.41) is 6.80. The lowest BCUT2D eigenvalue weighted by Crippen LogP contribution is -2.26. The van der Waals surface area contributed by atoms with Crippen LogP contribution in [0.15, 0.2) is 23.0 Å². The van der Waals surface area contributed by atoms with E-state index in [1.54, 1.807) is 0 Å². The predicted molar refractivity (Wildman–Crippen MR) is 71.2 cm³/mol. The smallest absolute Gasteiger partial charge is 0.251 e. The number of carbonyl (C=O) groups is 1. The number of carbonyl (C=O) groups excluding carboxylic acids is 1. The highest BCUT2D eigenvalue weighted by Gasteiger charge is 2.11. The van der Waals surface area contributed by atoms with Gasteiger partial charge in [0.15, 0.2) is 5.82 Å². The highest BCUT2D eigenvalue weighted by Crippen LogP contribution is 2.29. The fourth-order valence-corrected chi connectivity index (χ4v) is 1.77. The number of rotatable bonds is 4. The van der Waals surface area contributed by atoms with E-state index in [1.807, 2.05) is 0 Å². The first-order valence-electron chi connectivity index (χ1n) is 5.36. The molecule has 1 aromatic carbocycles. The summed E-state index contributed by atoms with van der Waals surface area (Å²) >= 11 is 11.7. The van der Waals surface area contributed by atoms with Gasteiger partial charge in [0, 0.05) is 18.5 Å². The highest BCUT2D eigenvalue weighted by atomic mass is 35.5. The SMILES string of the molecule is Nc1cc(C(=O)NCCc2ncon2)cc(Cl)c1Cl. The molecule has 0 atom stereocenters. The Kier molecular flexibility index (Phi) is 4.24. The number of hydrogen-bond acceptors (Lipinski definition) is 5. The minimum atomic E-state index is -0.297. The molecule has 0 aliphatic heterocycles. The average molecular weight is 301 g/mol. The van der Waals surface area contributed by atoms with Gasteiger partial charge in [0.25, 0.3) is 5.91 Å². The minimum absolute atomic E-state index is 0.241. The first-order valence-corrected chi connectivity index (χ1v) is 6.11. The van der Waals surface area contributed by atoms with Crippen LogP contribution < -0.4 is 11.1 Å². The number of nitrogens with one attached hydrogen (secondary N) is 1. The number of hydrogen-bond donors (Lipinski definition) is 2. The van der Waals surface area contributed by atoms with Gasteiger partial charge in [-0.2, -0.15) is 4.98 Å². The van der Waals surface area contributed by atoms with E-state index < -0.39 is 0 Å². The van der Waals surface area contributed by atoms with Crippen molar-refractivity contribution >= 4 is 34.8 Å². The third kappa shape index (κ3) is 3.36. The molecule has 1 aromatic heterocycles. The third-order valence-electron chi connectivity index (χ3n) is 2.36. The fraction of sp³-hybridized carbons (Fsp3) is 0.182. The quantitative estimate of drug-likeness (QED) is 0.841. The number of nitrogens with zero attached hydrogens (tertiary/aromatic N) is 2. The van der Waals surface area contributed by atoms with E-state index in [2.05, 4.69) is 20.0 Å². The van der Waals surface area contributed by atoms with Gasteiger partial charge in [-0.25, -0.2) is 0 Å². The van der Waals surface area contributed by atoms with Gasteiger partial charge in [-0.1, -0.05) is 28.4 Å². The van der Waals surface area contributed by atoms with Crippen molar-refractivity contribution in [2.24, 2.45) is 0 Å². The molecule has 0 radical (unpaired) electrons. The van der Waals surface area contributed by atoms with E-state index in [0.717, 1.165) is 0 Å². The summed E-state index contributed by atoms with van der Waals surface area (Å²) in [5.74, 6) is 0.225. The Bertz CT molecular complexity index is 563. The van der Waals surface area contributed by atoms with Crippen LogP contribution in [0.2, 0.25) is 10.0 Å². The molecular formula is C11H10Cl2N4O2. The summed E-state index contributed by atoms with van der Waals surface area (Å²) in [7, 11) is 0. The first kappa shape index (κ1) is 13.6. The van der Waals surface area contributed by atoms with Crippen LogP contribution >= 0.6 is 23.2 Å². The standard InChI is InChI=1S/C11H10Cl2N4O2/c12-7-3-6(4-8(14)10(7)13)11(18)15-2-1-9-16-5-19-17-9/h3-5H,1-2,14H2,(H,15,18). The summed E-state index contributed by atoms with van der Waals surface area (Å²) in [4.78, 5) is 15.7. The summed E-state index contributed by atoms with van der Waals surface area (Å²) in [6, 6.07) is 2.93. The molecule has 19 heavy (non-hydrogen) atoms. The highest BCUT2D eigenvalue weighted by molar-refractivity contribution is 6.43. The lowest BCUT2D eigenvalue weighted by molar-refractivity contribution is 0.0954. The van der Waals surface area contributed by atoms with E-state index in [0.29, 0.717) is 24.4 Å². The molecule has 3 N–H and O–H groups in total. The second-order valence-electron chi connectivity index (χ2n) is 3.71. The van der Waals surface area contributed by atoms with Gasteiger partial charge in [0.2, 0.25) is 6.39 Å². The van der Waals surface area contributed by atoms with Crippen LogP contribution in [0.5, 0.6) is 0 Å². The largest absolute Gasteiger partial charge is 0.397 e. The second kappa shape index (κ2) is 5.90. The lowest BCUT2D eigenvalue weighted by atomic mass is 10.2. The van der Waals surface area contributed by atoms with Crippen molar-refractivity contribution in [3.63, 3.8) is 0 Å². The van der Waals surface area contributed by atoms with Crippen LogP contribution in [0.3, 0.4) is 0 Å². The normalized spacial score (nSPS) is 10.4. The molecule has 0 spiro atoms. The zero-order valence-corrected chi connectivity index (χ0v) is 11.2. The molecule has 8 heteroatoms. The monoisotopic (exact) mass is 300 g/mol. The van der Waals surface area contributed by atoms with Crippen molar-refractivity contribution in [2.45, 2.75) is 6.42 Å². The molecule has 1 amide bonds. The molecular weight excluding hydrogens is 291 g/mol. The summed E-state index contributed by atoms with van der Waals surface area (Å²) in [6.07, 6.45) is 1.70. The predicted octanol–water partition coefficient (Wildman–Crippen LogP) is 1.93. The third-order valence-corrected chi connectivity index (χ3v) is 3.18. The van der Waals surface area contributed by atoms with E-state index >= 15 is 0 Å². The molecule has 0 saturated carbocycles. The molecule has 2 rings (SSSR count). The van der Waals surface area contributed by atoms with Crippen LogP contribution in [0.25, 0.3) is 0 Å². The van der Waals surface area contributed by atoms with Crippen LogP contribution in [0.4, 0.5) is 5.69 Å². The summed E-state index contributed by atoms with van der Waals surface area (Å²) in [5.41, 5.74) is 6.25. The Labute approximate surface area is 118 Å². The number of nitrogen functional groups attached to an aromatic ring is 1. The van der Waals surface area contributed by atoms with Gasteiger partial charge in [-0.3, -0.25) is 4.79 Å². The van der Waals surface area contributed by atoms with E-state index in [9.17, 15) is 4.79 Å². The number of anilines is 1. The summed E-state index contributed by atoms with van der Waals surface area (Å²) in [6.45, 7) is 0.374. The van der Waals surface area contributed by atoms with Crippen LogP contribution in [0, 0.1) is 0 Å². The van der Waals surface area contributed by atoms with Gasteiger partial charge in [-0.15, -0.1) is 0 Å². The maximum Gasteiger partial charge on any atom is 0.251 e. The fourth-order valence-electron chi connectivity index (χ4n) is 1.43. The Morgan fingerprint density at radius 1 is 1.42 bits per heavy atom. The molecule has 6 nitrogen and oxygen atoms in total. The average Bonchev–Trinajstić information content (AvgIpc) is 2.88. The van der Waals surface area contributed by atoms with Gasteiger partial charge in [0.05, 0.1) is 15.7 Å². The molecule has 0 fully saturated rings. The maximum absolute atomic E-state index is 11.9. The Morgan fingerprint density at radius 3 is 2.84 bits per heavy atom. The molecule has 2 aromatic rings. The zero-order valence-electron chi connectivity index (χ0n) is 9.69. The van der Waals surface area contributed by atoms with Crippen molar-refractivity contribution in [3.8, 4) is 0 Å². The molecule has 0 unspecified atom stereocenters. The van der Waals surface area contributed by atoms with Crippen molar-refractivity contribution < 1.29 is 9.32 Å². The molecule has 0 saturated heterocycles. The van der Waals surface area contributed by atoms with Gasteiger partial charge in [0.1, 0.15) is 0 Å². The van der Waals surface area contributed by atoms with Crippen molar-refractivity contribution in [1.29, 1.82) is 0 Å². The van der Waals surface area contributed by atoms with Gasteiger partial charge in [-0.05, 0) is 12.1 Å². The zero-order chi connectivity index (χ0) is 13.8. The maximum atomic E-state index is 11.9. The number of nitrogens with two attached hydrogens (primary N) is 1. The van der Waals surface area contributed by atoms with Crippen LogP contribution in [-0.2, 0) is 6.42 Å². The lowest BCUT2D eigenvalue weighted by Gasteiger charge is -2.07. The summed E-state index contributed by atoms with van der Waals surface area (Å²) < 4.78 is 4.58. The van der Waals surface area contributed by atoms with Gasteiger partial charge >= 0.3 is 0 Å². The van der Waals surface area contributed by atoms with Crippen LogP contribution in [0.1, 0.15) is 16.2 Å². The molecule has 0 aliphatic rings. The number of aromatic nitrogens is 2. The van der Waals surface area contributed by atoms with E-state index in [4.69, 9.17) is 28.9 Å². The molecule has 100 valence electrons. The van der Waals surface area contributed by atoms with Crippen molar-refractivity contribution in [3.05, 3.63) is 40.0 Å². The van der Waals surface area contributed by atoms with Crippen molar-refractivity contribution in [2.75, 3.05) is 12.3 Å². The minimum Gasteiger partial charge on any atom is -0.397 e. The van der Waals surface area contributed by atoms with Gasteiger partial charge < -0.3 is 15.6 Å². The first-order chi connectivity index (χ1) is 9.08. The molecule has 0 bridgehead atoms. The van der Waals surface area contributed by atoms with E-state index in [-0.39, 0.29) is 21.6 Å². The number of benzene rings is 1. The second-order valence-corrected chi connectivity index (χ2v) is 4.50. The molecule has 1 heterocycles. The number of amides is 1.